The number of halogens is 1. The highest BCUT2D eigenvalue weighted by Crippen LogP contribution is 2.37. The van der Waals surface area contributed by atoms with Crippen molar-refractivity contribution in [2.24, 2.45) is 5.10 Å². The maximum atomic E-state index is 13.0. The van der Waals surface area contributed by atoms with Gasteiger partial charge in [0, 0.05) is 0 Å². The lowest BCUT2D eigenvalue weighted by molar-refractivity contribution is -0.114. The highest BCUT2D eigenvalue weighted by atomic mass is 35.5. The van der Waals surface area contributed by atoms with Crippen LogP contribution in [-0.4, -0.2) is 39.1 Å². The molecule has 180 valence electrons. The van der Waals surface area contributed by atoms with Crippen LogP contribution in [0.25, 0.3) is 6.08 Å². The van der Waals surface area contributed by atoms with Gasteiger partial charge in [0.25, 0.3) is 5.91 Å². The summed E-state index contributed by atoms with van der Waals surface area (Å²) in [4.78, 5) is 13.0. The number of nitrogens with zero attached hydrogens (tertiary/aromatic N) is 2. The zero-order chi connectivity index (χ0) is 24.8. The molecule has 3 aromatic carbocycles. The Balaban J connectivity index is 1.45. The Labute approximate surface area is 209 Å². The van der Waals surface area contributed by atoms with E-state index in [1.165, 1.54) is 12.1 Å². The number of benzene rings is 3. The number of hydrogen-bond donors (Lipinski definition) is 0. The van der Waals surface area contributed by atoms with Crippen LogP contribution in [0, 0.1) is 0 Å². The second-order valence-corrected chi connectivity index (χ2v) is 8.01. The standard InChI is InChI=1S/C27H25ClN2O5/c1-18-23(27(31)30(29-18)20-7-5-4-6-8-20)15-19-16-24(28)26(25(17-19)33-3)35-14-13-34-22-11-9-21(32-2)10-12-22/h4-12,15-17H,13-14H2,1-3H3/b23-15+. The molecule has 0 radical (unpaired) electrons. The Bertz CT molecular complexity index is 1260. The maximum absolute atomic E-state index is 13.0. The Kier molecular flexibility index (Phi) is 7.57. The number of para-hydroxylation sites is 1. The number of carbonyl (C=O) groups excluding carboxylic acids is 1. The molecule has 0 spiro atoms. The Hall–Kier alpha value is -3.97. The summed E-state index contributed by atoms with van der Waals surface area (Å²) < 4.78 is 22.2. The minimum Gasteiger partial charge on any atom is -0.497 e. The number of carbonyl (C=O) groups is 1. The van der Waals surface area contributed by atoms with Crippen molar-refractivity contribution < 1.29 is 23.7 Å². The van der Waals surface area contributed by atoms with E-state index in [0.717, 1.165) is 5.75 Å². The van der Waals surface area contributed by atoms with Gasteiger partial charge in [0.1, 0.15) is 24.7 Å². The molecule has 0 bridgehead atoms. The van der Waals surface area contributed by atoms with Gasteiger partial charge in [-0.1, -0.05) is 29.8 Å². The summed E-state index contributed by atoms with van der Waals surface area (Å²) in [7, 11) is 3.15. The van der Waals surface area contributed by atoms with E-state index in [2.05, 4.69) is 5.10 Å². The number of methoxy groups -OCH3 is 2. The van der Waals surface area contributed by atoms with Crippen molar-refractivity contribution in [2.75, 3.05) is 32.4 Å². The van der Waals surface area contributed by atoms with Gasteiger partial charge in [-0.25, -0.2) is 0 Å². The molecule has 0 saturated carbocycles. The van der Waals surface area contributed by atoms with Crippen LogP contribution in [0.5, 0.6) is 23.0 Å². The summed E-state index contributed by atoms with van der Waals surface area (Å²) in [6.45, 7) is 2.38. The first-order chi connectivity index (χ1) is 17.0. The average molecular weight is 493 g/mol. The summed E-state index contributed by atoms with van der Waals surface area (Å²) in [5.74, 6) is 2.11. The molecule has 0 unspecified atom stereocenters. The van der Waals surface area contributed by atoms with E-state index in [-0.39, 0.29) is 12.5 Å². The summed E-state index contributed by atoms with van der Waals surface area (Å²) in [5, 5.41) is 6.16. The van der Waals surface area contributed by atoms with E-state index < -0.39 is 0 Å². The van der Waals surface area contributed by atoms with Crippen molar-refractivity contribution in [3.8, 4) is 23.0 Å². The first-order valence-electron chi connectivity index (χ1n) is 10.9. The number of amides is 1. The van der Waals surface area contributed by atoms with Crippen molar-refractivity contribution in [1.82, 2.24) is 0 Å². The molecular formula is C27H25ClN2O5. The van der Waals surface area contributed by atoms with Crippen LogP contribution in [0.4, 0.5) is 5.69 Å². The van der Waals surface area contributed by atoms with E-state index in [9.17, 15) is 4.79 Å². The number of hydrogen-bond acceptors (Lipinski definition) is 6. The van der Waals surface area contributed by atoms with Crippen LogP contribution < -0.4 is 24.0 Å². The molecule has 0 aliphatic carbocycles. The number of ether oxygens (including phenoxy) is 4. The maximum Gasteiger partial charge on any atom is 0.280 e. The lowest BCUT2D eigenvalue weighted by Gasteiger charge is -2.14. The van der Waals surface area contributed by atoms with Gasteiger partial charge < -0.3 is 18.9 Å². The van der Waals surface area contributed by atoms with Crippen LogP contribution >= 0.6 is 11.6 Å². The van der Waals surface area contributed by atoms with E-state index in [1.807, 2.05) is 54.6 Å². The van der Waals surface area contributed by atoms with E-state index >= 15 is 0 Å². The monoisotopic (exact) mass is 492 g/mol. The number of hydrazone groups is 1. The highest BCUT2D eigenvalue weighted by Gasteiger charge is 2.28. The third-order valence-corrected chi connectivity index (χ3v) is 5.56. The lowest BCUT2D eigenvalue weighted by Crippen LogP contribution is -2.21. The lowest BCUT2D eigenvalue weighted by atomic mass is 10.1. The van der Waals surface area contributed by atoms with Crippen LogP contribution in [0.3, 0.4) is 0 Å². The smallest absolute Gasteiger partial charge is 0.280 e. The Morgan fingerprint density at radius 1 is 0.914 bits per heavy atom. The zero-order valence-electron chi connectivity index (χ0n) is 19.7. The van der Waals surface area contributed by atoms with E-state index in [4.69, 9.17) is 30.5 Å². The van der Waals surface area contributed by atoms with Crippen molar-refractivity contribution in [3.05, 3.63) is 82.9 Å². The molecular weight excluding hydrogens is 468 g/mol. The van der Waals surface area contributed by atoms with Gasteiger partial charge in [0.05, 0.1) is 36.2 Å². The summed E-state index contributed by atoms with van der Waals surface area (Å²) >= 11 is 6.51. The van der Waals surface area contributed by atoms with Gasteiger partial charge in [0.2, 0.25) is 0 Å². The van der Waals surface area contributed by atoms with Gasteiger partial charge in [-0.15, -0.1) is 0 Å². The second-order valence-electron chi connectivity index (χ2n) is 7.60. The molecule has 0 atom stereocenters. The molecule has 1 aliphatic rings. The number of rotatable bonds is 9. The van der Waals surface area contributed by atoms with Crippen LogP contribution in [-0.2, 0) is 4.79 Å². The van der Waals surface area contributed by atoms with Gasteiger partial charge in [0.15, 0.2) is 11.5 Å². The second kappa shape index (κ2) is 11.0. The quantitative estimate of drug-likeness (QED) is 0.286. The van der Waals surface area contributed by atoms with Crippen molar-refractivity contribution in [3.63, 3.8) is 0 Å². The molecule has 8 heteroatoms. The third-order valence-electron chi connectivity index (χ3n) is 5.28. The van der Waals surface area contributed by atoms with Crippen molar-refractivity contribution >= 4 is 35.0 Å². The van der Waals surface area contributed by atoms with Crippen LogP contribution in [0.2, 0.25) is 5.02 Å². The predicted molar refractivity (Wildman–Crippen MR) is 137 cm³/mol. The fraction of sp³-hybridized carbons (Fsp3) is 0.185. The third kappa shape index (κ3) is 5.58. The van der Waals surface area contributed by atoms with Crippen molar-refractivity contribution in [1.29, 1.82) is 0 Å². The van der Waals surface area contributed by atoms with Gasteiger partial charge >= 0.3 is 0 Å². The minimum absolute atomic E-state index is 0.209. The van der Waals surface area contributed by atoms with Gasteiger partial charge in [-0.05, 0) is 67.1 Å². The first kappa shape index (κ1) is 24.2. The van der Waals surface area contributed by atoms with Crippen molar-refractivity contribution in [2.45, 2.75) is 6.92 Å². The van der Waals surface area contributed by atoms with Gasteiger partial charge in [-0.3, -0.25) is 4.79 Å². The van der Waals surface area contributed by atoms with E-state index in [1.54, 1.807) is 32.2 Å². The number of anilines is 1. The molecule has 35 heavy (non-hydrogen) atoms. The summed E-state index contributed by atoms with van der Waals surface area (Å²) in [5.41, 5.74) is 2.50. The molecule has 0 fully saturated rings. The highest BCUT2D eigenvalue weighted by molar-refractivity contribution is 6.33. The largest absolute Gasteiger partial charge is 0.497 e. The molecule has 0 N–H and O–H groups in total. The van der Waals surface area contributed by atoms with Crippen LogP contribution in [0.15, 0.2) is 77.4 Å². The molecule has 4 rings (SSSR count). The summed E-state index contributed by atoms with van der Waals surface area (Å²) in [6.07, 6.45) is 1.75. The summed E-state index contributed by atoms with van der Waals surface area (Å²) in [6, 6.07) is 20.1. The molecule has 0 aromatic heterocycles. The molecule has 7 nitrogen and oxygen atoms in total. The molecule has 1 amide bonds. The molecule has 1 aliphatic heterocycles. The normalized spacial score (nSPS) is 14.2. The molecule has 0 saturated heterocycles. The zero-order valence-corrected chi connectivity index (χ0v) is 20.4. The first-order valence-corrected chi connectivity index (χ1v) is 11.3. The minimum atomic E-state index is -0.209. The predicted octanol–water partition coefficient (Wildman–Crippen LogP) is 5.62. The average Bonchev–Trinajstić information content (AvgIpc) is 3.16. The topological polar surface area (TPSA) is 69.6 Å². The molecule has 1 heterocycles. The van der Waals surface area contributed by atoms with Crippen LogP contribution in [0.1, 0.15) is 12.5 Å². The SMILES string of the molecule is COc1ccc(OCCOc2c(Cl)cc(/C=C3/C(=O)N(c4ccccc4)N=C3C)cc2OC)cc1. The fourth-order valence-electron chi connectivity index (χ4n) is 3.53. The Morgan fingerprint density at radius 2 is 1.60 bits per heavy atom. The Morgan fingerprint density at radius 3 is 2.29 bits per heavy atom. The van der Waals surface area contributed by atoms with E-state index in [0.29, 0.717) is 51.4 Å². The van der Waals surface area contributed by atoms with Gasteiger partial charge in [-0.2, -0.15) is 10.1 Å². The fourth-order valence-corrected chi connectivity index (χ4v) is 3.81. The molecule has 3 aromatic rings.